The van der Waals surface area contributed by atoms with E-state index in [2.05, 4.69) is 15.6 Å². The Labute approximate surface area is 172 Å². The fourth-order valence-electron chi connectivity index (χ4n) is 2.44. The molecule has 0 saturated heterocycles. The maximum Gasteiger partial charge on any atom is 0.271 e. The summed E-state index contributed by atoms with van der Waals surface area (Å²) in [5, 5.41) is 0.247. The second-order valence-electron chi connectivity index (χ2n) is 5.89. The van der Waals surface area contributed by atoms with Crippen LogP contribution in [0.2, 0.25) is 5.02 Å². The summed E-state index contributed by atoms with van der Waals surface area (Å²) in [4.78, 5) is 24.5. The lowest BCUT2D eigenvalue weighted by atomic mass is 10.2. The third-order valence-electron chi connectivity index (χ3n) is 3.84. The molecule has 2 amide bonds. The van der Waals surface area contributed by atoms with Gasteiger partial charge in [0.2, 0.25) is 0 Å². The van der Waals surface area contributed by atoms with Crippen molar-refractivity contribution in [3.8, 4) is 0 Å². The Hall–Kier alpha value is -3.36. The molecule has 0 aliphatic heterocycles. The van der Waals surface area contributed by atoms with E-state index in [9.17, 15) is 18.0 Å². The van der Waals surface area contributed by atoms with E-state index in [1.807, 2.05) is 0 Å². The zero-order chi connectivity index (χ0) is 20.9. The molecule has 29 heavy (non-hydrogen) atoms. The second-order valence-corrected chi connectivity index (χ2v) is 7.98. The smallest absolute Gasteiger partial charge is 0.271 e. The molecule has 0 radical (unpaired) electrons. The van der Waals surface area contributed by atoms with E-state index in [0.717, 1.165) is 0 Å². The van der Waals surface area contributed by atoms with E-state index in [1.54, 1.807) is 36.4 Å². The Morgan fingerprint density at radius 1 is 0.759 bits per heavy atom. The van der Waals surface area contributed by atoms with Crippen LogP contribution in [-0.4, -0.2) is 20.2 Å². The zero-order valence-electron chi connectivity index (χ0n) is 14.9. The Morgan fingerprint density at radius 3 is 2.14 bits per heavy atom. The van der Waals surface area contributed by atoms with Gasteiger partial charge in [0.1, 0.15) is 0 Å². The van der Waals surface area contributed by atoms with Gasteiger partial charge in [-0.15, -0.1) is 0 Å². The van der Waals surface area contributed by atoms with Crippen LogP contribution in [0.1, 0.15) is 20.7 Å². The van der Waals surface area contributed by atoms with Crippen molar-refractivity contribution in [2.45, 2.75) is 4.90 Å². The standard InChI is InChI=1S/C20H16ClN3O4S/c21-18-12-5-4-11-17(18)20(26)23-22-19(25)14-7-6-8-15(13-14)24-29(27,28)16-9-2-1-3-10-16/h1-13,24H,(H,22,25)(H,23,26). The summed E-state index contributed by atoms with van der Waals surface area (Å²) in [5.41, 5.74) is 5.11. The first-order valence-electron chi connectivity index (χ1n) is 8.40. The summed E-state index contributed by atoms with van der Waals surface area (Å²) in [6, 6.07) is 20.1. The van der Waals surface area contributed by atoms with Gasteiger partial charge in [0.15, 0.2) is 0 Å². The SMILES string of the molecule is O=C(NNC(=O)c1ccccc1Cl)c1cccc(NS(=O)(=O)c2ccccc2)c1. The first kappa shape index (κ1) is 20.4. The molecule has 0 aliphatic rings. The predicted molar refractivity (Wildman–Crippen MR) is 110 cm³/mol. The van der Waals surface area contributed by atoms with Crippen molar-refractivity contribution in [3.63, 3.8) is 0 Å². The van der Waals surface area contributed by atoms with Gasteiger partial charge >= 0.3 is 0 Å². The number of halogens is 1. The molecule has 9 heteroatoms. The second kappa shape index (κ2) is 8.76. The summed E-state index contributed by atoms with van der Waals surface area (Å²) < 4.78 is 27.2. The van der Waals surface area contributed by atoms with Crippen LogP contribution < -0.4 is 15.6 Å². The number of carbonyl (C=O) groups excluding carboxylic acids is 2. The van der Waals surface area contributed by atoms with Crippen LogP contribution in [0.5, 0.6) is 0 Å². The van der Waals surface area contributed by atoms with Gasteiger partial charge < -0.3 is 0 Å². The summed E-state index contributed by atoms with van der Waals surface area (Å²) in [7, 11) is -3.79. The highest BCUT2D eigenvalue weighted by Crippen LogP contribution is 2.17. The molecule has 3 aromatic carbocycles. The molecule has 3 aromatic rings. The Balaban J connectivity index is 1.68. The van der Waals surface area contributed by atoms with Crippen molar-refractivity contribution in [2.75, 3.05) is 4.72 Å². The summed E-state index contributed by atoms with van der Waals surface area (Å²) in [5.74, 6) is -1.20. The van der Waals surface area contributed by atoms with E-state index < -0.39 is 21.8 Å². The average Bonchev–Trinajstić information content (AvgIpc) is 2.72. The number of hydrogen-bond donors (Lipinski definition) is 3. The van der Waals surface area contributed by atoms with Gasteiger partial charge in [0, 0.05) is 11.3 Å². The number of hydrogen-bond acceptors (Lipinski definition) is 4. The van der Waals surface area contributed by atoms with Gasteiger partial charge in [-0.05, 0) is 42.5 Å². The van der Waals surface area contributed by atoms with Gasteiger partial charge in [0.05, 0.1) is 15.5 Å². The number of sulfonamides is 1. The fraction of sp³-hybridized carbons (Fsp3) is 0. The van der Waals surface area contributed by atoms with E-state index in [-0.39, 0.29) is 26.7 Å². The zero-order valence-corrected chi connectivity index (χ0v) is 16.5. The molecule has 0 aromatic heterocycles. The molecule has 0 fully saturated rings. The van der Waals surface area contributed by atoms with Crippen LogP contribution in [-0.2, 0) is 10.0 Å². The molecule has 0 saturated carbocycles. The minimum Gasteiger partial charge on any atom is -0.280 e. The van der Waals surface area contributed by atoms with Crippen molar-refractivity contribution < 1.29 is 18.0 Å². The third kappa shape index (κ3) is 5.13. The lowest BCUT2D eigenvalue weighted by molar-refractivity contribution is 0.0847. The van der Waals surface area contributed by atoms with Crippen molar-refractivity contribution >= 4 is 39.1 Å². The van der Waals surface area contributed by atoms with Gasteiger partial charge in [-0.2, -0.15) is 0 Å². The van der Waals surface area contributed by atoms with Gasteiger partial charge in [-0.1, -0.05) is 48.0 Å². The molecular formula is C20H16ClN3O4S. The molecule has 7 nitrogen and oxygen atoms in total. The molecule has 3 N–H and O–H groups in total. The molecule has 3 rings (SSSR count). The number of anilines is 1. The third-order valence-corrected chi connectivity index (χ3v) is 5.57. The summed E-state index contributed by atoms with van der Waals surface area (Å²) >= 11 is 5.95. The quantitative estimate of drug-likeness (QED) is 0.541. The minimum atomic E-state index is -3.79. The lowest BCUT2D eigenvalue weighted by Gasteiger charge is -2.11. The number of carbonyl (C=O) groups is 2. The molecule has 0 spiro atoms. The normalized spacial score (nSPS) is 10.8. The predicted octanol–water partition coefficient (Wildman–Crippen LogP) is 3.22. The van der Waals surface area contributed by atoms with Crippen molar-refractivity contribution in [1.82, 2.24) is 10.9 Å². The molecule has 0 heterocycles. The molecule has 0 unspecified atom stereocenters. The van der Waals surface area contributed by atoms with E-state index >= 15 is 0 Å². The number of nitrogens with one attached hydrogen (secondary N) is 3. The topological polar surface area (TPSA) is 104 Å². The van der Waals surface area contributed by atoms with Crippen molar-refractivity contribution in [2.24, 2.45) is 0 Å². The Bertz CT molecular complexity index is 1150. The van der Waals surface area contributed by atoms with Crippen LogP contribution in [0.3, 0.4) is 0 Å². The molecule has 148 valence electrons. The van der Waals surface area contributed by atoms with E-state index in [0.29, 0.717) is 0 Å². The maximum absolute atomic E-state index is 12.4. The first-order valence-corrected chi connectivity index (χ1v) is 10.3. The average molecular weight is 430 g/mol. The number of hydrazine groups is 1. The highest BCUT2D eigenvalue weighted by Gasteiger charge is 2.15. The van der Waals surface area contributed by atoms with E-state index in [4.69, 9.17) is 11.6 Å². The van der Waals surface area contributed by atoms with Crippen LogP contribution in [0.4, 0.5) is 5.69 Å². The fourth-order valence-corrected chi connectivity index (χ4v) is 3.73. The van der Waals surface area contributed by atoms with Crippen LogP contribution >= 0.6 is 11.6 Å². The van der Waals surface area contributed by atoms with Crippen LogP contribution in [0, 0.1) is 0 Å². The number of benzene rings is 3. The van der Waals surface area contributed by atoms with Gasteiger partial charge in [-0.25, -0.2) is 8.42 Å². The largest absolute Gasteiger partial charge is 0.280 e. The van der Waals surface area contributed by atoms with Crippen LogP contribution in [0.15, 0.2) is 83.8 Å². The Kier molecular flexibility index (Phi) is 6.16. The van der Waals surface area contributed by atoms with Crippen LogP contribution in [0.25, 0.3) is 0 Å². The molecule has 0 aliphatic carbocycles. The van der Waals surface area contributed by atoms with Crippen molar-refractivity contribution in [3.05, 3.63) is 95.0 Å². The Morgan fingerprint density at radius 2 is 1.41 bits per heavy atom. The van der Waals surface area contributed by atoms with E-state index in [1.165, 1.54) is 42.5 Å². The number of rotatable bonds is 5. The molecule has 0 bridgehead atoms. The summed E-state index contributed by atoms with van der Waals surface area (Å²) in [6.07, 6.45) is 0. The number of amides is 2. The summed E-state index contributed by atoms with van der Waals surface area (Å²) in [6.45, 7) is 0. The van der Waals surface area contributed by atoms with Gasteiger partial charge in [0.25, 0.3) is 21.8 Å². The van der Waals surface area contributed by atoms with Crippen molar-refractivity contribution in [1.29, 1.82) is 0 Å². The molecule has 0 atom stereocenters. The maximum atomic E-state index is 12.4. The van der Waals surface area contributed by atoms with Gasteiger partial charge in [-0.3, -0.25) is 25.2 Å². The minimum absolute atomic E-state index is 0.0989. The first-order chi connectivity index (χ1) is 13.9. The molecular weight excluding hydrogens is 414 g/mol. The highest BCUT2D eigenvalue weighted by atomic mass is 35.5. The monoisotopic (exact) mass is 429 g/mol. The lowest BCUT2D eigenvalue weighted by Crippen LogP contribution is -2.41. The highest BCUT2D eigenvalue weighted by molar-refractivity contribution is 7.92.